The molecular formula is H2AlBaMgO. The summed E-state index contributed by atoms with van der Waals surface area (Å²) in [5.74, 6) is 0. The van der Waals surface area contributed by atoms with Crippen LogP contribution in [0.5, 0.6) is 0 Å². The molecule has 0 fully saturated rings. The standard InChI is InChI=1S/Al.Ba.Mg.H2O/h;;;1H2. The van der Waals surface area contributed by atoms with Gasteiger partial charge in [-0.15, -0.1) is 0 Å². The Hall–Kier alpha value is 2.83. The van der Waals surface area contributed by atoms with Crippen molar-refractivity contribution in [2.24, 2.45) is 0 Å². The summed E-state index contributed by atoms with van der Waals surface area (Å²) in [6, 6.07) is 0. The van der Waals surface area contributed by atoms with E-state index in [9.17, 15) is 0 Å². The molecular weight excluding hydrogens is 205 g/mol. The second-order valence-electron chi connectivity index (χ2n) is 0. The monoisotopic (exact) mass is 207 g/mol. The maximum absolute atomic E-state index is 0. The predicted molar refractivity (Wildman–Crippen MR) is 20.9 cm³/mol. The van der Waals surface area contributed by atoms with E-state index < -0.39 is 0 Å². The Morgan fingerprint density at radius 2 is 1.00 bits per heavy atom. The molecule has 0 heterocycles. The average Bonchev–Trinajstić information content (AvgIpc) is 0. The van der Waals surface area contributed by atoms with E-state index in [1.807, 2.05) is 0 Å². The molecule has 0 spiro atoms. The maximum Gasteiger partial charge on any atom is 0 e. The molecule has 1 nitrogen and oxygen atoms in total. The molecule has 0 aromatic carbocycles. The van der Waals surface area contributed by atoms with E-state index in [-0.39, 0.29) is 94.8 Å². The first-order chi connectivity index (χ1) is 0. The Balaban J connectivity index is 0. The van der Waals surface area contributed by atoms with Crippen LogP contribution in [-0.2, 0) is 0 Å². The minimum atomic E-state index is 0. The van der Waals surface area contributed by atoms with Gasteiger partial charge >= 0.3 is 0 Å². The third-order valence-electron chi connectivity index (χ3n) is 0. The van der Waals surface area contributed by atoms with E-state index >= 15 is 0 Å². The molecule has 4 heteroatoms. The molecule has 0 saturated heterocycles. The second kappa shape index (κ2) is 17.0. The van der Waals surface area contributed by atoms with Crippen LogP contribution in [0.15, 0.2) is 0 Å². The van der Waals surface area contributed by atoms with E-state index in [1.165, 1.54) is 0 Å². The number of hydrogen-bond acceptors (Lipinski definition) is 0. The van der Waals surface area contributed by atoms with Crippen molar-refractivity contribution in [3.05, 3.63) is 0 Å². The van der Waals surface area contributed by atoms with Crippen LogP contribution in [0.1, 0.15) is 0 Å². The Kier molecular flexibility index (Phi) is 123. The first-order valence-corrected chi connectivity index (χ1v) is 0. The summed E-state index contributed by atoms with van der Waals surface area (Å²) < 4.78 is 0. The van der Waals surface area contributed by atoms with Crippen molar-refractivity contribution in [3.63, 3.8) is 0 Å². The fourth-order valence-electron chi connectivity index (χ4n) is 0. The van der Waals surface area contributed by atoms with Gasteiger partial charge in [-0.25, -0.2) is 0 Å². The Morgan fingerprint density at radius 1 is 1.00 bits per heavy atom. The van der Waals surface area contributed by atoms with Crippen molar-refractivity contribution >= 4 is 89.3 Å². The summed E-state index contributed by atoms with van der Waals surface area (Å²) in [6.07, 6.45) is 0. The van der Waals surface area contributed by atoms with Gasteiger partial charge in [0, 0.05) is 89.3 Å². The van der Waals surface area contributed by atoms with Gasteiger partial charge in [0.1, 0.15) is 0 Å². The largest absolute Gasteiger partial charge is 0.412 e. The van der Waals surface area contributed by atoms with Crippen molar-refractivity contribution in [1.82, 2.24) is 0 Å². The van der Waals surface area contributed by atoms with Gasteiger partial charge in [0.2, 0.25) is 0 Å². The molecule has 0 aliphatic heterocycles. The quantitative estimate of drug-likeness (QED) is 0.412. The molecule has 0 aromatic heterocycles. The Bertz CT molecular complexity index is 8.00. The SMILES string of the molecule is O.[Al].[Ba].[Mg]. The molecule has 7 radical (unpaired) electrons. The second-order valence-corrected chi connectivity index (χ2v) is 0. The molecule has 0 aromatic rings. The topological polar surface area (TPSA) is 31.5 Å². The van der Waals surface area contributed by atoms with Crippen molar-refractivity contribution < 1.29 is 5.48 Å². The molecule has 0 saturated carbocycles. The summed E-state index contributed by atoms with van der Waals surface area (Å²) in [7, 11) is 0. The van der Waals surface area contributed by atoms with Crippen LogP contribution in [0, 0.1) is 0 Å². The summed E-state index contributed by atoms with van der Waals surface area (Å²) in [6.45, 7) is 0. The fraction of sp³-hybridized carbons (Fsp3) is 0. The smallest absolute Gasteiger partial charge is 0 e. The molecule has 0 rings (SSSR count). The molecule has 2 N–H and O–H groups in total. The predicted octanol–water partition coefficient (Wildman–Crippen LogP) is -1.97. The van der Waals surface area contributed by atoms with Gasteiger partial charge in [0.05, 0.1) is 0 Å². The van der Waals surface area contributed by atoms with E-state index in [0.29, 0.717) is 0 Å². The molecule has 4 heavy (non-hydrogen) atoms. The normalized spacial score (nSPS) is 0. The van der Waals surface area contributed by atoms with Gasteiger partial charge in [-0.05, 0) is 0 Å². The van der Waals surface area contributed by atoms with Gasteiger partial charge in [0.15, 0.2) is 0 Å². The summed E-state index contributed by atoms with van der Waals surface area (Å²) in [4.78, 5) is 0. The van der Waals surface area contributed by atoms with E-state index in [1.54, 1.807) is 0 Å². The Labute approximate surface area is 92.6 Å². The zero-order valence-electron chi connectivity index (χ0n) is 2.49. The van der Waals surface area contributed by atoms with Gasteiger partial charge in [0.25, 0.3) is 0 Å². The molecule has 0 aliphatic carbocycles. The Morgan fingerprint density at radius 3 is 1.00 bits per heavy atom. The summed E-state index contributed by atoms with van der Waals surface area (Å²) in [5.41, 5.74) is 0. The minimum Gasteiger partial charge on any atom is -0.412 e. The van der Waals surface area contributed by atoms with Crippen molar-refractivity contribution in [1.29, 1.82) is 0 Å². The molecule has 0 unspecified atom stereocenters. The van der Waals surface area contributed by atoms with E-state index in [0.717, 1.165) is 0 Å². The summed E-state index contributed by atoms with van der Waals surface area (Å²) in [5, 5.41) is 0. The molecule has 0 bridgehead atoms. The van der Waals surface area contributed by atoms with Gasteiger partial charge in [-0.2, -0.15) is 0 Å². The van der Waals surface area contributed by atoms with Crippen LogP contribution in [0.3, 0.4) is 0 Å². The zero-order valence-corrected chi connectivity index (χ0v) is 9.50. The van der Waals surface area contributed by atoms with Crippen molar-refractivity contribution in [3.8, 4) is 0 Å². The minimum absolute atomic E-state index is 0. The maximum atomic E-state index is 0. The third kappa shape index (κ3) is 8.85. The van der Waals surface area contributed by atoms with Crippen LogP contribution < -0.4 is 0 Å². The zero-order chi connectivity index (χ0) is 0. The summed E-state index contributed by atoms with van der Waals surface area (Å²) >= 11 is 0. The first kappa shape index (κ1) is 29.0. The van der Waals surface area contributed by atoms with Crippen LogP contribution >= 0.6 is 0 Å². The van der Waals surface area contributed by atoms with Gasteiger partial charge in [-0.3, -0.25) is 0 Å². The average molecular weight is 207 g/mol. The van der Waals surface area contributed by atoms with Crippen LogP contribution in [0.25, 0.3) is 0 Å². The molecule has 0 aliphatic rings. The van der Waals surface area contributed by atoms with Gasteiger partial charge < -0.3 is 5.48 Å². The van der Waals surface area contributed by atoms with Crippen LogP contribution in [-0.4, -0.2) is 94.8 Å². The van der Waals surface area contributed by atoms with Gasteiger partial charge in [-0.1, -0.05) is 0 Å². The molecule has 0 atom stereocenters. The molecule has 15 valence electrons. The van der Waals surface area contributed by atoms with Crippen LogP contribution in [0.4, 0.5) is 0 Å². The van der Waals surface area contributed by atoms with Crippen LogP contribution in [0.2, 0.25) is 0 Å². The van der Waals surface area contributed by atoms with E-state index in [4.69, 9.17) is 0 Å². The molecule has 0 amide bonds. The van der Waals surface area contributed by atoms with E-state index in [2.05, 4.69) is 0 Å². The van der Waals surface area contributed by atoms with Crippen molar-refractivity contribution in [2.75, 3.05) is 0 Å². The first-order valence-electron chi connectivity index (χ1n) is 0. The van der Waals surface area contributed by atoms with Crippen molar-refractivity contribution in [2.45, 2.75) is 0 Å². The fourth-order valence-corrected chi connectivity index (χ4v) is 0. The third-order valence-corrected chi connectivity index (χ3v) is 0. The number of rotatable bonds is 0. The number of hydrogen-bond donors (Lipinski definition) is 0.